The molecule has 1 N–H and O–H groups in total. The van der Waals surface area contributed by atoms with Crippen LogP contribution in [0.15, 0.2) is 28.7 Å². The molecule has 2 aliphatic rings. The summed E-state index contributed by atoms with van der Waals surface area (Å²) in [6.45, 7) is 9.93. The van der Waals surface area contributed by atoms with Crippen LogP contribution in [0.3, 0.4) is 0 Å². The van der Waals surface area contributed by atoms with Gasteiger partial charge in [0.25, 0.3) is 5.91 Å². The number of alkyl carbamates (subject to hydrolysis) is 1. The normalized spacial score (nSPS) is 25.2. The summed E-state index contributed by atoms with van der Waals surface area (Å²) in [5.41, 5.74) is -0.107. The molecule has 1 aliphatic heterocycles. The zero-order chi connectivity index (χ0) is 22.4. The molecule has 0 unspecified atom stereocenters. The van der Waals surface area contributed by atoms with Gasteiger partial charge in [0.05, 0.1) is 7.11 Å². The predicted molar refractivity (Wildman–Crippen MR) is 115 cm³/mol. The molecule has 2 fully saturated rings. The van der Waals surface area contributed by atoms with Crippen molar-refractivity contribution in [2.45, 2.75) is 52.3 Å². The molecule has 1 aromatic rings. The van der Waals surface area contributed by atoms with E-state index < -0.39 is 29.7 Å². The van der Waals surface area contributed by atoms with Gasteiger partial charge >= 0.3 is 12.1 Å². The largest absolute Gasteiger partial charge is 0.467 e. The first-order valence-electron chi connectivity index (χ1n) is 10.00. The van der Waals surface area contributed by atoms with Gasteiger partial charge in [0.1, 0.15) is 17.7 Å². The molecule has 1 heterocycles. The summed E-state index contributed by atoms with van der Waals surface area (Å²) in [6.07, 6.45) is -0.692. The quantitative estimate of drug-likeness (QED) is 0.664. The summed E-state index contributed by atoms with van der Waals surface area (Å²) in [4.78, 5) is 40.1. The zero-order valence-electron chi connectivity index (χ0n) is 18.2. The van der Waals surface area contributed by atoms with Crippen LogP contribution in [-0.2, 0) is 19.1 Å². The lowest BCUT2D eigenvalue weighted by molar-refractivity contribution is -0.153. The van der Waals surface area contributed by atoms with Gasteiger partial charge in [-0.2, -0.15) is 0 Å². The van der Waals surface area contributed by atoms with Crippen LogP contribution in [0.4, 0.5) is 4.79 Å². The Bertz CT molecular complexity index is 846. The maximum Gasteiger partial charge on any atom is 0.408 e. The van der Waals surface area contributed by atoms with Crippen molar-refractivity contribution in [3.63, 3.8) is 0 Å². The number of nitrogens with zero attached hydrogens (tertiary/aromatic N) is 1. The number of benzene rings is 1. The maximum absolute atomic E-state index is 13.6. The molecule has 1 saturated carbocycles. The maximum atomic E-state index is 13.6. The summed E-state index contributed by atoms with van der Waals surface area (Å²) < 4.78 is 11.2. The van der Waals surface area contributed by atoms with Gasteiger partial charge in [-0.15, -0.1) is 0 Å². The Kier molecular flexibility index (Phi) is 5.93. The third-order valence-electron chi connectivity index (χ3n) is 6.05. The van der Waals surface area contributed by atoms with Crippen molar-refractivity contribution < 1.29 is 23.9 Å². The van der Waals surface area contributed by atoms with E-state index in [1.165, 1.54) is 7.11 Å². The SMILES string of the molecule is COC(=O)[C@@H]1[C@@H]2[C@H](CN1C(=O)[C@H](NC(=O)OC(C)(C)C)c1ccc(Br)cc1)C2(C)C. The number of carbonyl (C=O) groups is 3. The molecule has 3 rings (SSSR count). The van der Waals surface area contributed by atoms with Crippen molar-refractivity contribution in [1.29, 1.82) is 0 Å². The minimum absolute atomic E-state index is 0.0126. The first-order chi connectivity index (χ1) is 13.9. The molecule has 0 bridgehead atoms. The number of likely N-dealkylation sites (tertiary alicyclic amines) is 1. The standard InChI is InChI=1S/C22H29BrN2O5/c1-21(2,3)30-20(28)24-16(12-7-9-13(23)10-8-12)18(26)25-11-14-15(22(14,4)5)17(25)19(27)29-6/h7-10,14-17H,11H2,1-6H3,(H,24,28)/t14-,15-,16+,17-/m0/s1. The van der Waals surface area contributed by atoms with Crippen molar-refractivity contribution >= 4 is 33.9 Å². The third kappa shape index (κ3) is 4.33. The summed E-state index contributed by atoms with van der Waals surface area (Å²) in [5.74, 6) is -0.478. The van der Waals surface area contributed by atoms with E-state index >= 15 is 0 Å². The van der Waals surface area contributed by atoms with E-state index in [-0.39, 0.29) is 23.2 Å². The second-order valence-electron chi connectivity index (χ2n) is 9.54. The monoisotopic (exact) mass is 480 g/mol. The lowest BCUT2D eigenvalue weighted by atomic mass is 9.99. The second-order valence-corrected chi connectivity index (χ2v) is 10.5. The zero-order valence-corrected chi connectivity index (χ0v) is 19.8. The van der Waals surface area contributed by atoms with Gasteiger partial charge in [0.15, 0.2) is 0 Å². The van der Waals surface area contributed by atoms with Crippen LogP contribution in [0.25, 0.3) is 0 Å². The van der Waals surface area contributed by atoms with Crippen molar-refractivity contribution in [3.05, 3.63) is 34.3 Å². The Labute approximate surface area is 185 Å². The molecule has 0 aromatic heterocycles. The molecular weight excluding hydrogens is 452 g/mol. The Hall–Kier alpha value is -2.09. The first-order valence-corrected chi connectivity index (χ1v) is 10.8. The number of amides is 2. The van der Waals surface area contributed by atoms with Gasteiger partial charge in [-0.25, -0.2) is 9.59 Å². The number of rotatable bonds is 4. The molecule has 8 heteroatoms. The lowest BCUT2D eigenvalue weighted by Crippen LogP contribution is -2.51. The number of carbonyl (C=O) groups excluding carboxylic acids is 3. The molecule has 0 spiro atoms. The number of ether oxygens (including phenoxy) is 2. The van der Waals surface area contributed by atoms with Crippen LogP contribution in [0.1, 0.15) is 46.2 Å². The highest BCUT2D eigenvalue weighted by atomic mass is 79.9. The number of halogens is 1. The van der Waals surface area contributed by atoms with E-state index in [1.54, 1.807) is 49.9 Å². The van der Waals surface area contributed by atoms with Crippen LogP contribution in [-0.4, -0.2) is 48.2 Å². The molecule has 0 radical (unpaired) electrons. The van der Waals surface area contributed by atoms with Gasteiger partial charge in [0, 0.05) is 16.9 Å². The first kappa shape index (κ1) is 22.6. The molecule has 164 valence electrons. The smallest absolute Gasteiger partial charge is 0.408 e. The average Bonchev–Trinajstić information content (AvgIpc) is 3.00. The van der Waals surface area contributed by atoms with Gasteiger partial charge in [-0.05, 0) is 49.8 Å². The number of fused-ring (bicyclic) bond motifs is 1. The topological polar surface area (TPSA) is 84.9 Å². The Balaban J connectivity index is 1.89. The number of nitrogens with one attached hydrogen (secondary N) is 1. The molecule has 7 nitrogen and oxygen atoms in total. The highest BCUT2D eigenvalue weighted by Gasteiger charge is 2.70. The third-order valence-corrected chi connectivity index (χ3v) is 6.57. The number of esters is 1. The fourth-order valence-corrected chi connectivity index (χ4v) is 4.70. The van der Waals surface area contributed by atoms with Crippen LogP contribution in [0, 0.1) is 17.3 Å². The van der Waals surface area contributed by atoms with Crippen LogP contribution < -0.4 is 5.32 Å². The fraction of sp³-hybridized carbons (Fsp3) is 0.591. The molecule has 4 atom stereocenters. The summed E-state index contributed by atoms with van der Waals surface area (Å²) in [6, 6.07) is 5.50. The van der Waals surface area contributed by atoms with Gasteiger partial charge in [0.2, 0.25) is 0 Å². The fourth-order valence-electron chi connectivity index (χ4n) is 4.44. The Morgan fingerprint density at radius 3 is 2.33 bits per heavy atom. The van der Waals surface area contributed by atoms with Crippen molar-refractivity contribution in [3.8, 4) is 0 Å². The highest BCUT2D eigenvalue weighted by Crippen LogP contribution is 2.65. The molecule has 1 aromatic carbocycles. The number of methoxy groups -OCH3 is 1. The number of hydrogen-bond donors (Lipinski definition) is 1. The van der Waals surface area contributed by atoms with Crippen LogP contribution in [0.5, 0.6) is 0 Å². The minimum atomic E-state index is -0.972. The van der Waals surface area contributed by atoms with E-state index in [9.17, 15) is 14.4 Å². The van der Waals surface area contributed by atoms with Gasteiger partial charge in [-0.1, -0.05) is 41.9 Å². The van der Waals surface area contributed by atoms with Gasteiger partial charge in [-0.3, -0.25) is 4.79 Å². The minimum Gasteiger partial charge on any atom is -0.467 e. The Morgan fingerprint density at radius 1 is 1.20 bits per heavy atom. The molecule has 1 aliphatic carbocycles. The van der Waals surface area contributed by atoms with Crippen molar-refractivity contribution in [1.82, 2.24) is 10.2 Å². The van der Waals surface area contributed by atoms with E-state index in [0.29, 0.717) is 12.1 Å². The molecule has 1 saturated heterocycles. The molecule has 30 heavy (non-hydrogen) atoms. The number of hydrogen-bond acceptors (Lipinski definition) is 5. The van der Waals surface area contributed by atoms with Crippen LogP contribution >= 0.6 is 15.9 Å². The van der Waals surface area contributed by atoms with E-state index in [1.807, 2.05) is 0 Å². The summed E-state index contributed by atoms with van der Waals surface area (Å²) >= 11 is 3.38. The van der Waals surface area contributed by atoms with E-state index in [2.05, 4.69) is 35.1 Å². The molecule has 2 amide bonds. The molecular formula is C22H29BrN2O5. The second kappa shape index (κ2) is 7.87. The summed E-state index contributed by atoms with van der Waals surface area (Å²) in [7, 11) is 1.33. The summed E-state index contributed by atoms with van der Waals surface area (Å²) in [5, 5.41) is 2.69. The lowest BCUT2D eigenvalue weighted by Gasteiger charge is -2.32. The van der Waals surface area contributed by atoms with Crippen molar-refractivity contribution in [2.24, 2.45) is 17.3 Å². The number of piperidine rings is 1. The Morgan fingerprint density at radius 2 is 1.80 bits per heavy atom. The van der Waals surface area contributed by atoms with Crippen molar-refractivity contribution in [2.75, 3.05) is 13.7 Å². The van der Waals surface area contributed by atoms with Crippen LogP contribution in [0.2, 0.25) is 0 Å². The van der Waals surface area contributed by atoms with E-state index in [4.69, 9.17) is 9.47 Å². The predicted octanol–water partition coefficient (Wildman–Crippen LogP) is 3.67. The highest BCUT2D eigenvalue weighted by molar-refractivity contribution is 9.10. The van der Waals surface area contributed by atoms with E-state index in [0.717, 1.165) is 4.47 Å². The average molecular weight is 481 g/mol. The van der Waals surface area contributed by atoms with Gasteiger partial charge < -0.3 is 19.7 Å².